The van der Waals surface area contributed by atoms with Gasteiger partial charge in [0.05, 0.1) is 0 Å². The summed E-state index contributed by atoms with van der Waals surface area (Å²) >= 11 is 0. The molecule has 1 aromatic rings. The molecule has 0 spiro atoms. The van der Waals surface area contributed by atoms with E-state index in [0.29, 0.717) is 12.3 Å². The zero-order valence-corrected chi connectivity index (χ0v) is 10.9. The molecule has 0 radical (unpaired) electrons. The molecule has 1 nitrogen and oxygen atoms in total. The molecule has 0 heterocycles. The molecule has 92 valence electrons. The van der Waals surface area contributed by atoms with Gasteiger partial charge in [-0.2, -0.15) is 0 Å². The van der Waals surface area contributed by atoms with Gasteiger partial charge in [0.2, 0.25) is 0 Å². The number of rotatable bonds is 7. The van der Waals surface area contributed by atoms with Crippen LogP contribution in [-0.4, -0.2) is 5.78 Å². The lowest BCUT2D eigenvalue weighted by Gasteiger charge is -2.12. The molecule has 1 atom stereocenters. The lowest BCUT2D eigenvalue weighted by atomic mass is 9.92. The molecule has 0 fully saturated rings. The predicted molar refractivity (Wildman–Crippen MR) is 73.2 cm³/mol. The molecule has 0 amide bonds. The molecule has 0 bridgehead atoms. The average molecular weight is 230 g/mol. The first-order valence-corrected chi connectivity index (χ1v) is 6.47. The minimum Gasteiger partial charge on any atom is -0.294 e. The first-order chi connectivity index (χ1) is 8.27. The van der Waals surface area contributed by atoms with Crippen LogP contribution in [0.25, 0.3) is 0 Å². The number of allylic oxidation sites excluding steroid dienone is 2. The highest BCUT2D eigenvalue weighted by atomic mass is 16.1. The Morgan fingerprint density at radius 3 is 2.59 bits per heavy atom. The molecule has 0 N–H and O–H groups in total. The fraction of sp³-hybridized carbons (Fsp3) is 0.438. The molecule has 0 saturated carbocycles. The van der Waals surface area contributed by atoms with Crippen LogP contribution in [0, 0.1) is 5.92 Å². The number of ketones is 1. The maximum absolute atomic E-state index is 12.0. The van der Waals surface area contributed by atoms with Crippen molar-refractivity contribution in [2.75, 3.05) is 0 Å². The standard InChI is InChI=1S/C16H22O/c1-3-5-7-10-14(4-2)13-16(17)15-11-8-6-9-12-15/h3,5-6,8-9,11-12,14H,4,7,10,13H2,1-2H3/b5-3+/t14-/m1/s1. The van der Waals surface area contributed by atoms with E-state index in [-0.39, 0.29) is 5.78 Å². The monoisotopic (exact) mass is 230 g/mol. The van der Waals surface area contributed by atoms with Crippen LogP contribution in [0.5, 0.6) is 0 Å². The van der Waals surface area contributed by atoms with Gasteiger partial charge in [-0.3, -0.25) is 4.79 Å². The Kier molecular flexibility index (Phi) is 6.31. The summed E-state index contributed by atoms with van der Waals surface area (Å²) in [5.74, 6) is 0.789. The summed E-state index contributed by atoms with van der Waals surface area (Å²) in [5.41, 5.74) is 0.844. The van der Waals surface area contributed by atoms with Crippen molar-refractivity contribution in [1.82, 2.24) is 0 Å². The molecular formula is C16H22O. The minimum atomic E-state index is 0.276. The Hall–Kier alpha value is -1.37. The maximum Gasteiger partial charge on any atom is 0.163 e. The van der Waals surface area contributed by atoms with Gasteiger partial charge in [0.15, 0.2) is 5.78 Å². The second-order valence-corrected chi connectivity index (χ2v) is 4.41. The average Bonchev–Trinajstić information content (AvgIpc) is 2.38. The van der Waals surface area contributed by atoms with E-state index in [1.165, 1.54) is 0 Å². The molecule has 1 rings (SSSR count). The van der Waals surface area contributed by atoms with Crippen molar-refractivity contribution >= 4 is 5.78 Å². The summed E-state index contributed by atoms with van der Waals surface area (Å²) < 4.78 is 0. The van der Waals surface area contributed by atoms with E-state index in [1.807, 2.05) is 37.3 Å². The third-order valence-corrected chi connectivity index (χ3v) is 3.12. The number of Topliss-reactive ketones (excluding diaryl/α,β-unsaturated/α-hetero) is 1. The van der Waals surface area contributed by atoms with Gasteiger partial charge in [-0.25, -0.2) is 0 Å². The fourth-order valence-corrected chi connectivity index (χ4v) is 1.95. The Balaban J connectivity index is 2.48. The van der Waals surface area contributed by atoms with Crippen LogP contribution in [0.4, 0.5) is 0 Å². The van der Waals surface area contributed by atoms with Crippen molar-refractivity contribution in [1.29, 1.82) is 0 Å². The molecule has 0 aliphatic carbocycles. The first kappa shape index (κ1) is 13.7. The third-order valence-electron chi connectivity index (χ3n) is 3.12. The third kappa shape index (κ3) is 4.99. The predicted octanol–water partition coefficient (Wildman–Crippen LogP) is 4.64. The quantitative estimate of drug-likeness (QED) is 0.492. The van der Waals surface area contributed by atoms with Crippen LogP contribution < -0.4 is 0 Å². The maximum atomic E-state index is 12.0. The molecule has 0 aromatic heterocycles. The lowest BCUT2D eigenvalue weighted by Crippen LogP contribution is -2.08. The van der Waals surface area contributed by atoms with Crippen LogP contribution in [0.2, 0.25) is 0 Å². The van der Waals surface area contributed by atoms with Crippen LogP contribution >= 0.6 is 0 Å². The van der Waals surface area contributed by atoms with Gasteiger partial charge in [-0.15, -0.1) is 0 Å². The highest BCUT2D eigenvalue weighted by Crippen LogP contribution is 2.18. The number of carbonyl (C=O) groups is 1. The first-order valence-electron chi connectivity index (χ1n) is 6.47. The van der Waals surface area contributed by atoms with Crippen molar-refractivity contribution in [3.63, 3.8) is 0 Å². The number of benzene rings is 1. The largest absolute Gasteiger partial charge is 0.294 e. The molecular weight excluding hydrogens is 208 g/mol. The highest BCUT2D eigenvalue weighted by molar-refractivity contribution is 5.96. The summed E-state index contributed by atoms with van der Waals surface area (Å²) in [6.45, 7) is 4.20. The van der Waals surface area contributed by atoms with E-state index in [4.69, 9.17) is 0 Å². The van der Waals surface area contributed by atoms with E-state index in [1.54, 1.807) is 0 Å². The Bertz CT molecular complexity index is 351. The summed E-state index contributed by atoms with van der Waals surface area (Å²) in [7, 11) is 0. The van der Waals surface area contributed by atoms with Crippen molar-refractivity contribution < 1.29 is 4.79 Å². The van der Waals surface area contributed by atoms with Gasteiger partial charge >= 0.3 is 0 Å². The van der Waals surface area contributed by atoms with E-state index < -0.39 is 0 Å². The Labute approximate surface area is 105 Å². The molecule has 0 aliphatic rings. The van der Waals surface area contributed by atoms with Gasteiger partial charge in [0.25, 0.3) is 0 Å². The second kappa shape index (κ2) is 7.83. The van der Waals surface area contributed by atoms with E-state index in [0.717, 1.165) is 24.8 Å². The summed E-state index contributed by atoms with van der Waals surface area (Å²) in [5, 5.41) is 0. The van der Waals surface area contributed by atoms with Gasteiger partial charge in [0, 0.05) is 12.0 Å². The minimum absolute atomic E-state index is 0.276. The van der Waals surface area contributed by atoms with Crippen molar-refractivity contribution in [2.45, 2.75) is 39.5 Å². The second-order valence-electron chi connectivity index (χ2n) is 4.41. The number of hydrogen-bond acceptors (Lipinski definition) is 1. The fourth-order valence-electron chi connectivity index (χ4n) is 1.95. The smallest absolute Gasteiger partial charge is 0.163 e. The molecule has 0 aliphatic heterocycles. The van der Waals surface area contributed by atoms with Crippen LogP contribution in [-0.2, 0) is 0 Å². The van der Waals surface area contributed by atoms with E-state index in [2.05, 4.69) is 19.1 Å². The number of hydrogen-bond donors (Lipinski definition) is 0. The SMILES string of the molecule is C/C=C/CC[C@@H](CC)CC(=O)c1ccccc1. The molecule has 0 unspecified atom stereocenters. The van der Waals surface area contributed by atoms with Gasteiger partial charge < -0.3 is 0 Å². The van der Waals surface area contributed by atoms with Crippen molar-refractivity contribution in [2.24, 2.45) is 5.92 Å². The summed E-state index contributed by atoms with van der Waals surface area (Å²) in [6, 6.07) is 9.60. The molecule has 1 aromatic carbocycles. The van der Waals surface area contributed by atoms with Gasteiger partial charge in [-0.1, -0.05) is 55.8 Å². The normalized spacial score (nSPS) is 12.8. The highest BCUT2D eigenvalue weighted by Gasteiger charge is 2.12. The van der Waals surface area contributed by atoms with Crippen LogP contribution in [0.1, 0.15) is 49.9 Å². The Morgan fingerprint density at radius 2 is 2.00 bits per heavy atom. The molecule has 0 saturated heterocycles. The Morgan fingerprint density at radius 1 is 1.29 bits per heavy atom. The zero-order valence-electron chi connectivity index (χ0n) is 10.9. The van der Waals surface area contributed by atoms with E-state index in [9.17, 15) is 4.79 Å². The van der Waals surface area contributed by atoms with Gasteiger partial charge in [0.1, 0.15) is 0 Å². The van der Waals surface area contributed by atoms with Crippen molar-refractivity contribution in [3.05, 3.63) is 48.0 Å². The summed E-state index contributed by atoms with van der Waals surface area (Å²) in [4.78, 5) is 12.0. The summed E-state index contributed by atoms with van der Waals surface area (Å²) in [6.07, 6.45) is 8.20. The zero-order chi connectivity index (χ0) is 12.5. The van der Waals surface area contributed by atoms with Crippen LogP contribution in [0.3, 0.4) is 0 Å². The van der Waals surface area contributed by atoms with E-state index >= 15 is 0 Å². The molecule has 17 heavy (non-hydrogen) atoms. The van der Waals surface area contributed by atoms with Gasteiger partial charge in [-0.05, 0) is 25.7 Å². The molecule has 1 heteroatoms. The topological polar surface area (TPSA) is 17.1 Å². The van der Waals surface area contributed by atoms with Crippen LogP contribution in [0.15, 0.2) is 42.5 Å². The van der Waals surface area contributed by atoms with Crippen molar-refractivity contribution in [3.8, 4) is 0 Å². The number of carbonyl (C=O) groups excluding carboxylic acids is 1. The lowest BCUT2D eigenvalue weighted by molar-refractivity contribution is 0.0958.